The fraction of sp³-hybridized carbons (Fsp3) is 0.562. The molecule has 0 atom stereocenters. The minimum absolute atomic E-state index is 0.0742. The summed E-state index contributed by atoms with van der Waals surface area (Å²) < 4.78 is 5.51. The number of hydrogen-bond acceptors (Lipinski definition) is 4. The molecule has 0 radical (unpaired) electrons. The van der Waals surface area contributed by atoms with Gasteiger partial charge in [0.2, 0.25) is 0 Å². The molecule has 2 rings (SSSR count). The lowest BCUT2D eigenvalue weighted by molar-refractivity contribution is 0.0742. The van der Waals surface area contributed by atoms with E-state index < -0.39 is 0 Å². The molecule has 0 unspecified atom stereocenters. The Bertz CT molecular complexity index is 519. The van der Waals surface area contributed by atoms with E-state index in [9.17, 15) is 4.79 Å². The average Bonchev–Trinajstić information content (AvgIpc) is 2.55. The minimum atomic E-state index is -0.0848. The van der Waals surface area contributed by atoms with E-state index >= 15 is 0 Å². The lowest BCUT2D eigenvalue weighted by atomic mass is 9.98. The molecule has 122 valence electrons. The molecule has 1 aliphatic rings. The summed E-state index contributed by atoms with van der Waals surface area (Å²) >= 11 is 7.85. The van der Waals surface area contributed by atoms with E-state index in [1.165, 1.54) is 0 Å². The van der Waals surface area contributed by atoms with E-state index in [-0.39, 0.29) is 10.7 Å². The summed E-state index contributed by atoms with van der Waals surface area (Å²) in [7, 11) is 0. The normalized spacial score (nSPS) is 17.0. The molecule has 6 heteroatoms. The molecule has 1 aromatic rings. The van der Waals surface area contributed by atoms with Crippen LogP contribution in [0.5, 0.6) is 0 Å². The summed E-state index contributed by atoms with van der Waals surface area (Å²) in [4.78, 5) is 12.5. The molecule has 1 saturated heterocycles. The molecule has 1 aromatic carbocycles. The van der Waals surface area contributed by atoms with Crippen molar-refractivity contribution < 1.29 is 9.53 Å². The molecule has 2 N–H and O–H groups in total. The molecule has 0 bridgehead atoms. The molecule has 0 spiro atoms. The standard InChI is InChI=1S/C16H23ClN2O2S/c1-3-18-14-5-4-12(17)10-13(14)15(20)19-11-16(22-2)6-8-21-9-7-16/h4-5,10,18H,3,6-9,11H2,1-2H3,(H,19,20). The summed E-state index contributed by atoms with van der Waals surface area (Å²) in [6.45, 7) is 4.93. The number of halogens is 1. The third-order valence-corrected chi connectivity index (χ3v) is 5.66. The van der Waals surface area contributed by atoms with Crippen molar-refractivity contribution >= 4 is 35.0 Å². The van der Waals surface area contributed by atoms with Crippen molar-refractivity contribution in [3.05, 3.63) is 28.8 Å². The first-order valence-corrected chi connectivity index (χ1v) is 9.15. The Labute approximate surface area is 141 Å². The van der Waals surface area contributed by atoms with Crippen molar-refractivity contribution in [3.63, 3.8) is 0 Å². The van der Waals surface area contributed by atoms with E-state index in [1.54, 1.807) is 12.1 Å². The smallest absolute Gasteiger partial charge is 0.253 e. The number of ether oxygens (including phenoxy) is 1. The highest BCUT2D eigenvalue weighted by molar-refractivity contribution is 8.00. The van der Waals surface area contributed by atoms with Crippen LogP contribution >= 0.6 is 23.4 Å². The van der Waals surface area contributed by atoms with Gasteiger partial charge in [-0.1, -0.05) is 11.6 Å². The first kappa shape index (κ1) is 17.4. The second-order valence-corrected chi connectivity index (χ2v) is 7.11. The van der Waals surface area contributed by atoms with Crippen molar-refractivity contribution in [2.75, 3.05) is 37.9 Å². The first-order valence-electron chi connectivity index (χ1n) is 7.55. The molecule has 1 amide bonds. The Morgan fingerprint density at radius 2 is 2.14 bits per heavy atom. The zero-order valence-electron chi connectivity index (χ0n) is 13.1. The number of amides is 1. The Balaban J connectivity index is 2.07. The maximum atomic E-state index is 12.5. The second-order valence-electron chi connectivity index (χ2n) is 5.40. The van der Waals surface area contributed by atoms with Gasteiger partial charge in [0.15, 0.2) is 0 Å². The predicted molar refractivity (Wildman–Crippen MR) is 94.2 cm³/mol. The van der Waals surface area contributed by atoms with Crippen molar-refractivity contribution in [1.82, 2.24) is 5.32 Å². The number of carbonyl (C=O) groups is 1. The Morgan fingerprint density at radius 1 is 1.41 bits per heavy atom. The van der Waals surface area contributed by atoms with Crippen molar-refractivity contribution in [3.8, 4) is 0 Å². The molecule has 4 nitrogen and oxygen atoms in total. The molecular formula is C16H23ClN2O2S. The number of hydrogen-bond donors (Lipinski definition) is 2. The summed E-state index contributed by atoms with van der Waals surface area (Å²) in [5.41, 5.74) is 1.41. The van der Waals surface area contributed by atoms with Crippen LogP contribution in [-0.2, 0) is 4.74 Å². The highest BCUT2D eigenvalue weighted by Gasteiger charge is 2.32. The SMILES string of the molecule is CCNc1ccc(Cl)cc1C(=O)NCC1(SC)CCOCC1. The van der Waals surface area contributed by atoms with Gasteiger partial charge < -0.3 is 15.4 Å². The van der Waals surface area contributed by atoms with Gasteiger partial charge in [0.1, 0.15) is 0 Å². The van der Waals surface area contributed by atoms with Crippen LogP contribution in [0.25, 0.3) is 0 Å². The highest BCUT2D eigenvalue weighted by Crippen LogP contribution is 2.33. The van der Waals surface area contributed by atoms with Gasteiger partial charge in [0.05, 0.1) is 5.56 Å². The van der Waals surface area contributed by atoms with Gasteiger partial charge in [0.25, 0.3) is 5.91 Å². The second kappa shape index (κ2) is 8.09. The number of rotatable bonds is 6. The number of thioether (sulfide) groups is 1. The average molecular weight is 343 g/mol. The summed E-state index contributed by atoms with van der Waals surface area (Å²) in [5, 5.41) is 6.84. The molecule has 1 aliphatic heterocycles. The maximum absolute atomic E-state index is 12.5. The largest absolute Gasteiger partial charge is 0.385 e. The van der Waals surface area contributed by atoms with E-state index in [0.717, 1.165) is 38.3 Å². The maximum Gasteiger partial charge on any atom is 0.253 e. The lowest BCUT2D eigenvalue weighted by Crippen LogP contribution is -2.44. The third-order valence-electron chi connectivity index (χ3n) is 4.00. The fourth-order valence-corrected chi connectivity index (χ4v) is 3.55. The van der Waals surface area contributed by atoms with Crippen molar-refractivity contribution in [2.24, 2.45) is 0 Å². The Morgan fingerprint density at radius 3 is 2.77 bits per heavy atom. The van der Waals surface area contributed by atoms with Crippen LogP contribution in [0.15, 0.2) is 18.2 Å². The Kier molecular flexibility index (Phi) is 6.41. The molecular weight excluding hydrogens is 320 g/mol. The monoisotopic (exact) mass is 342 g/mol. The van der Waals surface area contributed by atoms with Crippen LogP contribution in [0.1, 0.15) is 30.1 Å². The topological polar surface area (TPSA) is 50.4 Å². The predicted octanol–water partition coefficient (Wildman–Crippen LogP) is 3.41. The molecule has 0 aliphatic carbocycles. The molecule has 0 aromatic heterocycles. The van der Waals surface area contributed by atoms with Gasteiger partial charge in [-0.2, -0.15) is 11.8 Å². The molecule has 22 heavy (non-hydrogen) atoms. The van der Waals surface area contributed by atoms with Gasteiger partial charge in [-0.05, 0) is 44.2 Å². The van der Waals surface area contributed by atoms with Crippen LogP contribution in [0.2, 0.25) is 5.02 Å². The van der Waals surface area contributed by atoms with Crippen LogP contribution in [0.3, 0.4) is 0 Å². The van der Waals surface area contributed by atoms with Crippen LogP contribution in [-0.4, -0.2) is 43.2 Å². The zero-order chi connectivity index (χ0) is 16.0. The van der Waals surface area contributed by atoms with E-state index in [1.807, 2.05) is 24.8 Å². The number of carbonyl (C=O) groups excluding carboxylic acids is 1. The Hall–Kier alpha value is -0.910. The van der Waals surface area contributed by atoms with Gasteiger partial charge in [-0.25, -0.2) is 0 Å². The molecule has 0 saturated carbocycles. The number of nitrogens with one attached hydrogen (secondary N) is 2. The summed E-state index contributed by atoms with van der Waals surface area (Å²) in [6.07, 6.45) is 4.02. The van der Waals surface area contributed by atoms with Gasteiger partial charge >= 0.3 is 0 Å². The minimum Gasteiger partial charge on any atom is -0.385 e. The van der Waals surface area contributed by atoms with Gasteiger partial charge in [-0.15, -0.1) is 0 Å². The first-order chi connectivity index (χ1) is 10.6. The van der Waals surface area contributed by atoms with E-state index in [4.69, 9.17) is 16.3 Å². The number of anilines is 1. The highest BCUT2D eigenvalue weighted by atomic mass is 35.5. The van der Waals surface area contributed by atoms with Crippen LogP contribution in [0.4, 0.5) is 5.69 Å². The lowest BCUT2D eigenvalue weighted by Gasteiger charge is -2.35. The fourth-order valence-electron chi connectivity index (χ4n) is 2.58. The number of benzene rings is 1. The van der Waals surface area contributed by atoms with Crippen molar-refractivity contribution in [1.29, 1.82) is 0 Å². The summed E-state index contributed by atoms with van der Waals surface area (Å²) in [6, 6.07) is 5.35. The van der Waals surface area contributed by atoms with E-state index in [2.05, 4.69) is 16.9 Å². The van der Waals surface area contributed by atoms with Crippen LogP contribution in [0, 0.1) is 0 Å². The van der Waals surface area contributed by atoms with Crippen molar-refractivity contribution in [2.45, 2.75) is 24.5 Å². The summed E-state index contributed by atoms with van der Waals surface area (Å²) in [5.74, 6) is -0.0848. The van der Waals surface area contributed by atoms with E-state index in [0.29, 0.717) is 17.1 Å². The van der Waals surface area contributed by atoms with Crippen LogP contribution < -0.4 is 10.6 Å². The molecule has 1 fully saturated rings. The zero-order valence-corrected chi connectivity index (χ0v) is 14.6. The quantitative estimate of drug-likeness (QED) is 0.831. The third kappa shape index (κ3) is 4.31. The van der Waals surface area contributed by atoms with Gasteiger partial charge in [0, 0.05) is 41.8 Å². The van der Waals surface area contributed by atoms with Gasteiger partial charge in [-0.3, -0.25) is 4.79 Å². The molecule has 1 heterocycles.